The van der Waals surface area contributed by atoms with E-state index in [1.165, 1.54) is 0 Å². The number of carbonyl (C=O) groups excluding carboxylic acids is 1. The molecule has 1 aliphatic carbocycles. The summed E-state index contributed by atoms with van der Waals surface area (Å²) in [6, 6.07) is 0. The first kappa shape index (κ1) is 16.7. The van der Waals surface area contributed by atoms with E-state index in [9.17, 15) is 14.9 Å². The van der Waals surface area contributed by atoms with Gasteiger partial charge < -0.3 is 5.32 Å². The number of amides is 1. The number of allylic oxidation sites excluding steroid dienone is 1. The second-order valence-corrected chi connectivity index (χ2v) is 7.16. The molecule has 1 N–H and O–H groups in total. The van der Waals surface area contributed by atoms with Gasteiger partial charge in [0, 0.05) is 21.8 Å². The Morgan fingerprint density at radius 2 is 2.15 bits per heavy atom. The minimum atomic E-state index is -0.540. The van der Waals surface area contributed by atoms with Crippen LogP contribution in [-0.2, 0) is 4.79 Å². The highest BCUT2D eigenvalue weighted by Crippen LogP contribution is 2.48. The van der Waals surface area contributed by atoms with E-state index >= 15 is 0 Å². The van der Waals surface area contributed by atoms with Gasteiger partial charge in [-0.05, 0) is 46.0 Å². The fourth-order valence-corrected chi connectivity index (χ4v) is 3.18. The Morgan fingerprint density at radius 1 is 1.55 bits per heavy atom. The quantitative estimate of drug-likeness (QED) is 0.479. The van der Waals surface area contributed by atoms with Crippen molar-refractivity contribution in [2.45, 2.75) is 52.5 Å². The second-order valence-electron chi connectivity index (χ2n) is 7.16. The molecule has 0 aliphatic heterocycles. The maximum absolute atomic E-state index is 12.6. The molecular weight excluding hydrogens is 256 g/mol. The van der Waals surface area contributed by atoms with Crippen LogP contribution >= 0.6 is 0 Å². The zero-order valence-electron chi connectivity index (χ0n) is 12.9. The highest BCUT2D eigenvalue weighted by molar-refractivity contribution is 5.83. The van der Waals surface area contributed by atoms with Crippen molar-refractivity contribution in [2.24, 2.45) is 17.3 Å². The smallest absolute Gasteiger partial charge is 0.226 e. The molecule has 1 rings (SSSR count). The van der Waals surface area contributed by atoms with Crippen molar-refractivity contribution in [3.63, 3.8) is 0 Å². The Balaban J connectivity index is 2.89. The van der Waals surface area contributed by atoms with Gasteiger partial charge in [-0.15, -0.1) is 6.58 Å². The molecule has 0 aromatic carbocycles. The maximum Gasteiger partial charge on any atom is 0.226 e. The first-order valence-corrected chi connectivity index (χ1v) is 7.14. The van der Waals surface area contributed by atoms with Crippen LogP contribution in [0.1, 0.15) is 47.0 Å². The van der Waals surface area contributed by atoms with Crippen LogP contribution in [0.15, 0.2) is 12.7 Å². The number of hydrogen-bond acceptors (Lipinski definition) is 3. The lowest BCUT2D eigenvalue weighted by Gasteiger charge is -2.33. The van der Waals surface area contributed by atoms with Crippen molar-refractivity contribution in [1.82, 2.24) is 5.32 Å². The molecule has 5 nitrogen and oxygen atoms in total. The predicted octanol–water partition coefficient (Wildman–Crippen LogP) is 2.79. The summed E-state index contributed by atoms with van der Waals surface area (Å²) in [6.07, 6.45) is 3.83. The largest absolute Gasteiger partial charge is 0.351 e. The van der Waals surface area contributed by atoms with E-state index in [1.54, 1.807) is 0 Å². The average molecular weight is 282 g/mol. The summed E-state index contributed by atoms with van der Waals surface area (Å²) in [6.45, 7) is 11.5. The Kier molecular flexibility index (Phi) is 4.95. The fourth-order valence-electron chi connectivity index (χ4n) is 3.18. The number of carbonyl (C=O) groups is 1. The van der Waals surface area contributed by atoms with Crippen molar-refractivity contribution < 1.29 is 9.72 Å². The molecule has 1 saturated carbocycles. The molecule has 0 radical (unpaired) electrons. The Labute approximate surface area is 121 Å². The summed E-state index contributed by atoms with van der Waals surface area (Å²) in [5.41, 5.74) is -0.831. The molecule has 3 atom stereocenters. The van der Waals surface area contributed by atoms with Crippen LogP contribution in [0.5, 0.6) is 0 Å². The first-order valence-electron chi connectivity index (χ1n) is 7.14. The molecule has 0 heterocycles. The summed E-state index contributed by atoms with van der Waals surface area (Å²) < 4.78 is 0. The number of rotatable bonds is 5. The maximum atomic E-state index is 12.6. The lowest BCUT2D eigenvalue weighted by Crippen LogP contribution is -2.49. The lowest BCUT2D eigenvalue weighted by atomic mass is 9.76. The highest BCUT2D eigenvalue weighted by atomic mass is 16.6. The minimum absolute atomic E-state index is 0.00250. The van der Waals surface area contributed by atoms with Gasteiger partial charge in [-0.2, -0.15) is 0 Å². The monoisotopic (exact) mass is 282 g/mol. The van der Waals surface area contributed by atoms with Gasteiger partial charge >= 0.3 is 0 Å². The summed E-state index contributed by atoms with van der Waals surface area (Å²) >= 11 is 0. The van der Waals surface area contributed by atoms with E-state index in [-0.39, 0.29) is 34.7 Å². The van der Waals surface area contributed by atoms with Gasteiger partial charge in [-0.1, -0.05) is 13.0 Å². The molecule has 0 spiro atoms. The molecule has 0 aromatic rings. The minimum Gasteiger partial charge on any atom is -0.351 e. The van der Waals surface area contributed by atoms with E-state index in [2.05, 4.69) is 11.9 Å². The van der Waals surface area contributed by atoms with Crippen LogP contribution in [-0.4, -0.2) is 22.9 Å². The molecule has 0 bridgehead atoms. The van der Waals surface area contributed by atoms with Crippen LogP contribution in [0, 0.1) is 27.4 Å². The Hall–Kier alpha value is -1.39. The summed E-state index contributed by atoms with van der Waals surface area (Å²) in [7, 11) is 0. The summed E-state index contributed by atoms with van der Waals surface area (Å²) in [5, 5.41) is 13.7. The van der Waals surface area contributed by atoms with Gasteiger partial charge in [0.2, 0.25) is 12.5 Å². The zero-order chi connectivity index (χ0) is 15.6. The normalized spacial score (nSPS) is 30.0. The van der Waals surface area contributed by atoms with Gasteiger partial charge in [0.05, 0.1) is 0 Å². The van der Waals surface area contributed by atoms with Crippen LogP contribution in [0.4, 0.5) is 0 Å². The number of nitrogens with one attached hydrogen (secondary N) is 1. The van der Waals surface area contributed by atoms with E-state index in [0.29, 0.717) is 6.42 Å². The third-order valence-electron chi connectivity index (χ3n) is 4.10. The predicted molar refractivity (Wildman–Crippen MR) is 78.9 cm³/mol. The number of nitrogens with zero attached hydrogens (tertiary/aromatic N) is 1. The molecule has 1 amide bonds. The van der Waals surface area contributed by atoms with Crippen molar-refractivity contribution in [3.05, 3.63) is 22.8 Å². The summed E-state index contributed by atoms with van der Waals surface area (Å²) in [5.74, 6) is 0.112. The van der Waals surface area contributed by atoms with Crippen molar-refractivity contribution in [2.75, 3.05) is 6.54 Å². The van der Waals surface area contributed by atoms with Gasteiger partial charge in [0.15, 0.2) is 0 Å². The molecular formula is C15H26N2O3. The van der Waals surface area contributed by atoms with E-state index < -0.39 is 5.41 Å². The van der Waals surface area contributed by atoms with Crippen molar-refractivity contribution >= 4 is 5.91 Å². The molecule has 1 fully saturated rings. The van der Waals surface area contributed by atoms with Gasteiger partial charge in [-0.25, -0.2) is 0 Å². The molecule has 114 valence electrons. The third kappa shape index (κ3) is 4.05. The lowest BCUT2D eigenvalue weighted by molar-refractivity contribution is -0.488. The van der Waals surface area contributed by atoms with Crippen LogP contribution in [0.2, 0.25) is 0 Å². The van der Waals surface area contributed by atoms with E-state index in [0.717, 1.165) is 12.8 Å². The number of hydrogen-bond donors (Lipinski definition) is 1. The Bertz CT molecular complexity index is 400. The van der Waals surface area contributed by atoms with Gasteiger partial charge in [-0.3, -0.25) is 14.9 Å². The van der Waals surface area contributed by atoms with Crippen LogP contribution in [0.25, 0.3) is 0 Å². The standard InChI is InChI=1S/C15H26N2O3/c1-6-7-12-8-11(10-17(19)20)9-15(12,5)13(18)16-14(2,3)4/h6,11-12H,1,7-10H2,2-5H3,(H,16,18)/t11-,12+,15+/m0/s1. The molecule has 5 heteroatoms. The Morgan fingerprint density at radius 3 is 2.60 bits per heavy atom. The topological polar surface area (TPSA) is 72.2 Å². The molecule has 1 aliphatic rings. The van der Waals surface area contributed by atoms with Gasteiger partial charge in [0.25, 0.3) is 0 Å². The summed E-state index contributed by atoms with van der Waals surface area (Å²) in [4.78, 5) is 23.0. The number of nitro groups is 1. The fraction of sp³-hybridized carbons (Fsp3) is 0.800. The zero-order valence-corrected chi connectivity index (χ0v) is 12.9. The molecule has 20 heavy (non-hydrogen) atoms. The second kappa shape index (κ2) is 5.94. The van der Waals surface area contributed by atoms with Crippen molar-refractivity contribution in [3.8, 4) is 0 Å². The van der Waals surface area contributed by atoms with Gasteiger partial charge in [0.1, 0.15) is 0 Å². The first-order chi connectivity index (χ1) is 9.08. The average Bonchev–Trinajstić information content (AvgIpc) is 2.53. The highest BCUT2D eigenvalue weighted by Gasteiger charge is 2.50. The van der Waals surface area contributed by atoms with E-state index in [4.69, 9.17) is 0 Å². The molecule has 0 saturated heterocycles. The van der Waals surface area contributed by atoms with Crippen LogP contribution < -0.4 is 5.32 Å². The van der Waals surface area contributed by atoms with Crippen molar-refractivity contribution in [1.29, 1.82) is 0 Å². The SMILES string of the molecule is C=CC[C@@H]1C[C@H](C[N+](=O)[O-])C[C@@]1(C)C(=O)NC(C)(C)C. The molecule has 0 unspecified atom stereocenters. The molecule has 0 aromatic heterocycles. The van der Waals surface area contributed by atoms with E-state index in [1.807, 2.05) is 33.8 Å². The third-order valence-corrected chi connectivity index (χ3v) is 4.10. The van der Waals surface area contributed by atoms with Crippen LogP contribution in [0.3, 0.4) is 0 Å².